The zero-order valence-corrected chi connectivity index (χ0v) is 13.9. The van der Waals surface area contributed by atoms with E-state index in [1.807, 2.05) is 30.3 Å². The lowest BCUT2D eigenvalue weighted by Crippen LogP contribution is -2.33. The molecule has 5 heteroatoms. The minimum atomic E-state index is -0.781. The lowest BCUT2D eigenvalue weighted by atomic mass is 10.1. The molecule has 1 aliphatic carbocycles. The number of carboxylic acids is 1. The standard InChI is InChI=1S/C20H21NO4/c22-19(21-17-9-6-16(12-17)20(23)24)15-7-10-18(11-8-15)25-13-14-4-2-1-3-5-14/h1-5,7-8,10-11,16-17H,6,9,12-13H2,(H,21,22)(H,23,24)/t16-,17-/m0/s1. The molecule has 0 bridgehead atoms. The van der Waals surface area contributed by atoms with Gasteiger partial charge in [0.2, 0.25) is 0 Å². The van der Waals surface area contributed by atoms with Crippen molar-refractivity contribution in [3.63, 3.8) is 0 Å². The van der Waals surface area contributed by atoms with E-state index in [4.69, 9.17) is 9.84 Å². The number of carboxylic acid groups (broad SMARTS) is 1. The number of hydrogen-bond donors (Lipinski definition) is 2. The summed E-state index contributed by atoms with van der Waals surface area (Å²) < 4.78 is 5.70. The molecule has 2 aromatic rings. The lowest BCUT2D eigenvalue weighted by molar-refractivity contribution is -0.141. The maximum absolute atomic E-state index is 12.3. The molecule has 0 aromatic heterocycles. The SMILES string of the molecule is O=C(N[C@H]1CC[C@H](C(=O)O)C1)c1ccc(OCc2ccccc2)cc1. The zero-order valence-electron chi connectivity index (χ0n) is 13.9. The molecule has 2 aromatic carbocycles. The Kier molecular flexibility index (Phi) is 5.33. The summed E-state index contributed by atoms with van der Waals surface area (Å²) in [7, 11) is 0. The third kappa shape index (κ3) is 4.59. The van der Waals surface area contributed by atoms with Crippen LogP contribution in [0, 0.1) is 5.92 Å². The summed E-state index contributed by atoms with van der Waals surface area (Å²) in [6.45, 7) is 0.477. The van der Waals surface area contributed by atoms with E-state index in [0.717, 1.165) is 5.56 Å². The third-order valence-electron chi connectivity index (χ3n) is 4.48. The number of ether oxygens (including phenoxy) is 1. The van der Waals surface area contributed by atoms with Crippen molar-refractivity contribution in [2.45, 2.75) is 31.9 Å². The molecule has 130 valence electrons. The molecule has 25 heavy (non-hydrogen) atoms. The van der Waals surface area contributed by atoms with Gasteiger partial charge >= 0.3 is 5.97 Å². The number of rotatable bonds is 6. The van der Waals surface area contributed by atoms with E-state index in [-0.39, 0.29) is 17.9 Å². The summed E-state index contributed by atoms with van der Waals surface area (Å²) in [6, 6.07) is 16.8. The van der Waals surface area contributed by atoms with Crippen molar-refractivity contribution in [1.29, 1.82) is 0 Å². The van der Waals surface area contributed by atoms with Crippen LogP contribution in [-0.2, 0) is 11.4 Å². The Morgan fingerprint density at radius 3 is 2.40 bits per heavy atom. The van der Waals surface area contributed by atoms with E-state index in [1.54, 1.807) is 24.3 Å². The number of carbonyl (C=O) groups is 2. The average molecular weight is 339 g/mol. The fourth-order valence-corrected chi connectivity index (χ4v) is 3.05. The van der Waals surface area contributed by atoms with Gasteiger partial charge in [0.1, 0.15) is 12.4 Å². The van der Waals surface area contributed by atoms with Crippen LogP contribution in [0.4, 0.5) is 0 Å². The van der Waals surface area contributed by atoms with Crippen LogP contribution in [0.1, 0.15) is 35.2 Å². The van der Waals surface area contributed by atoms with Gasteiger partial charge in [-0.15, -0.1) is 0 Å². The molecule has 0 spiro atoms. The number of amides is 1. The number of carbonyl (C=O) groups excluding carboxylic acids is 1. The van der Waals surface area contributed by atoms with Gasteiger partial charge in [0.15, 0.2) is 0 Å². The van der Waals surface area contributed by atoms with E-state index >= 15 is 0 Å². The summed E-state index contributed by atoms with van der Waals surface area (Å²) in [4.78, 5) is 23.2. The fourth-order valence-electron chi connectivity index (χ4n) is 3.05. The van der Waals surface area contributed by atoms with Crippen LogP contribution >= 0.6 is 0 Å². The van der Waals surface area contributed by atoms with Gasteiger partial charge in [0.05, 0.1) is 5.92 Å². The molecule has 1 aliphatic rings. The highest BCUT2D eigenvalue weighted by atomic mass is 16.5. The lowest BCUT2D eigenvalue weighted by Gasteiger charge is -2.13. The molecule has 0 aliphatic heterocycles. The smallest absolute Gasteiger partial charge is 0.306 e. The molecular weight excluding hydrogens is 318 g/mol. The Balaban J connectivity index is 1.51. The number of benzene rings is 2. The van der Waals surface area contributed by atoms with Gasteiger partial charge in [0.25, 0.3) is 5.91 Å². The van der Waals surface area contributed by atoms with Gasteiger partial charge in [-0.3, -0.25) is 9.59 Å². The molecular formula is C20H21NO4. The van der Waals surface area contributed by atoms with Crippen LogP contribution in [0.3, 0.4) is 0 Å². The predicted octanol–water partition coefficient (Wildman–Crippen LogP) is 3.25. The largest absolute Gasteiger partial charge is 0.489 e. The van der Waals surface area contributed by atoms with E-state index in [1.165, 1.54) is 0 Å². The maximum Gasteiger partial charge on any atom is 0.306 e. The van der Waals surface area contributed by atoms with E-state index in [9.17, 15) is 9.59 Å². The molecule has 0 heterocycles. The summed E-state index contributed by atoms with van der Waals surface area (Å²) in [5.41, 5.74) is 1.63. The van der Waals surface area contributed by atoms with Crippen molar-refractivity contribution in [2.24, 2.45) is 5.92 Å². The second-order valence-electron chi connectivity index (χ2n) is 6.32. The molecule has 0 unspecified atom stereocenters. The average Bonchev–Trinajstić information content (AvgIpc) is 3.10. The first kappa shape index (κ1) is 17.0. The fraction of sp³-hybridized carbons (Fsp3) is 0.300. The van der Waals surface area contributed by atoms with Gasteiger partial charge in [-0.2, -0.15) is 0 Å². The van der Waals surface area contributed by atoms with Gasteiger partial charge in [-0.25, -0.2) is 0 Å². The third-order valence-corrected chi connectivity index (χ3v) is 4.48. The van der Waals surface area contributed by atoms with Crippen molar-refractivity contribution in [1.82, 2.24) is 5.32 Å². The van der Waals surface area contributed by atoms with Crippen LogP contribution in [-0.4, -0.2) is 23.0 Å². The molecule has 1 amide bonds. The van der Waals surface area contributed by atoms with Crippen molar-refractivity contribution >= 4 is 11.9 Å². The van der Waals surface area contributed by atoms with Gasteiger partial charge in [-0.05, 0) is 49.1 Å². The normalized spacial score (nSPS) is 19.4. The second-order valence-corrected chi connectivity index (χ2v) is 6.32. The molecule has 3 rings (SSSR count). The van der Waals surface area contributed by atoms with Gasteiger partial charge in [-0.1, -0.05) is 30.3 Å². The highest BCUT2D eigenvalue weighted by Gasteiger charge is 2.30. The Labute approximate surface area is 146 Å². The quantitative estimate of drug-likeness (QED) is 0.847. The number of nitrogens with one attached hydrogen (secondary N) is 1. The molecule has 1 saturated carbocycles. The summed E-state index contributed by atoms with van der Waals surface area (Å²) >= 11 is 0. The zero-order chi connectivity index (χ0) is 17.6. The minimum Gasteiger partial charge on any atom is -0.489 e. The minimum absolute atomic E-state index is 0.0670. The summed E-state index contributed by atoms with van der Waals surface area (Å²) in [5, 5.41) is 11.9. The number of aliphatic carboxylic acids is 1. The first-order valence-electron chi connectivity index (χ1n) is 8.42. The van der Waals surface area contributed by atoms with Crippen LogP contribution in [0.25, 0.3) is 0 Å². The molecule has 5 nitrogen and oxygen atoms in total. The first-order chi connectivity index (χ1) is 12.1. The van der Waals surface area contributed by atoms with Gasteiger partial charge < -0.3 is 15.2 Å². The van der Waals surface area contributed by atoms with Crippen LogP contribution < -0.4 is 10.1 Å². The Morgan fingerprint density at radius 2 is 1.76 bits per heavy atom. The monoisotopic (exact) mass is 339 g/mol. The predicted molar refractivity (Wildman–Crippen MR) is 93.4 cm³/mol. The molecule has 2 atom stereocenters. The van der Waals surface area contributed by atoms with Crippen molar-refractivity contribution < 1.29 is 19.4 Å². The Bertz CT molecular complexity index is 727. The van der Waals surface area contributed by atoms with E-state index < -0.39 is 5.97 Å². The van der Waals surface area contributed by atoms with Crippen molar-refractivity contribution in [3.8, 4) is 5.75 Å². The number of hydrogen-bond acceptors (Lipinski definition) is 3. The van der Waals surface area contributed by atoms with Crippen LogP contribution in [0.15, 0.2) is 54.6 Å². The van der Waals surface area contributed by atoms with Crippen molar-refractivity contribution in [3.05, 3.63) is 65.7 Å². The summed E-state index contributed by atoms with van der Waals surface area (Å²) in [6.07, 6.45) is 1.83. The van der Waals surface area contributed by atoms with E-state index in [0.29, 0.717) is 37.2 Å². The summed E-state index contributed by atoms with van der Waals surface area (Å²) in [5.74, 6) is -0.603. The van der Waals surface area contributed by atoms with Crippen LogP contribution in [0.5, 0.6) is 5.75 Å². The highest BCUT2D eigenvalue weighted by molar-refractivity contribution is 5.94. The Hall–Kier alpha value is -2.82. The first-order valence-corrected chi connectivity index (χ1v) is 8.42. The maximum atomic E-state index is 12.3. The highest BCUT2D eigenvalue weighted by Crippen LogP contribution is 2.26. The molecule has 0 radical (unpaired) electrons. The van der Waals surface area contributed by atoms with E-state index in [2.05, 4.69) is 5.32 Å². The molecule has 2 N–H and O–H groups in total. The molecule has 0 saturated heterocycles. The second kappa shape index (κ2) is 7.83. The van der Waals surface area contributed by atoms with Gasteiger partial charge in [0, 0.05) is 11.6 Å². The Morgan fingerprint density at radius 1 is 1.04 bits per heavy atom. The van der Waals surface area contributed by atoms with Crippen molar-refractivity contribution in [2.75, 3.05) is 0 Å². The topological polar surface area (TPSA) is 75.6 Å². The van der Waals surface area contributed by atoms with Crippen LogP contribution in [0.2, 0.25) is 0 Å². The molecule has 1 fully saturated rings.